The smallest absolute Gasteiger partial charge is 0.266 e. The minimum atomic E-state index is -0.976. The van der Waals surface area contributed by atoms with Gasteiger partial charge in [-0.2, -0.15) is 5.10 Å². The first-order chi connectivity index (χ1) is 20.3. The van der Waals surface area contributed by atoms with Crippen LogP contribution in [0.4, 0.5) is 5.69 Å². The number of nitrogens with zero attached hydrogens (tertiary/aromatic N) is 4. The van der Waals surface area contributed by atoms with Crippen LogP contribution in [-0.2, 0) is 16.1 Å². The Kier molecular flexibility index (Phi) is 9.44. The van der Waals surface area contributed by atoms with Crippen molar-refractivity contribution in [2.45, 2.75) is 38.8 Å². The summed E-state index contributed by atoms with van der Waals surface area (Å²) in [4.78, 5) is 32.9. The second-order valence-corrected chi connectivity index (χ2v) is 11.7. The van der Waals surface area contributed by atoms with Gasteiger partial charge in [-0.05, 0) is 49.9 Å². The minimum Gasteiger partial charge on any atom is -0.478 e. The lowest BCUT2D eigenvalue weighted by molar-refractivity contribution is -0.146. The highest BCUT2D eigenvalue weighted by atomic mass is 16.5. The normalized spacial score (nSPS) is 17.6. The zero-order chi connectivity index (χ0) is 29.5. The maximum Gasteiger partial charge on any atom is 0.266 e. The Balaban J connectivity index is 1.23. The summed E-state index contributed by atoms with van der Waals surface area (Å²) in [5.74, 6) is 0.664. The van der Waals surface area contributed by atoms with Crippen molar-refractivity contribution in [1.82, 2.24) is 25.3 Å². The third-order valence-electron chi connectivity index (χ3n) is 8.12. The van der Waals surface area contributed by atoms with Gasteiger partial charge in [-0.1, -0.05) is 30.3 Å². The van der Waals surface area contributed by atoms with Crippen LogP contribution in [0.2, 0.25) is 0 Å². The standard InChI is InChI=1S/C32H43N7O3/c1-32(2,31(41)37-17-13-34-14-18-37)42-29-7-3-6-28(19-29)38-15-4-5-26(23-38)30(40)39(16-12-33)22-24-8-10-25(11-9-24)27-20-35-36-21-27/h3,6-11,19-21,26,34H,4-5,12-18,22-23,33H2,1-2H3,(H,35,36)/t26-/m1/s1. The number of anilines is 1. The number of carbonyl (C=O) groups is 2. The topological polar surface area (TPSA) is 120 Å². The molecule has 0 saturated carbocycles. The minimum absolute atomic E-state index is 0.00542. The number of aromatic nitrogens is 2. The highest BCUT2D eigenvalue weighted by molar-refractivity contribution is 5.85. The fourth-order valence-corrected chi connectivity index (χ4v) is 5.86. The number of piperidine rings is 1. The van der Waals surface area contributed by atoms with Gasteiger partial charge in [0.2, 0.25) is 5.91 Å². The molecule has 5 rings (SSSR count). The SMILES string of the molecule is CC(C)(Oc1cccc(N2CCC[C@@H](C(=O)N(CCN)Cc3ccc(-c4cn[nH]c4)cc3)C2)c1)C(=O)N1CCNCC1. The molecule has 10 heteroatoms. The molecule has 2 aromatic carbocycles. The van der Waals surface area contributed by atoms with E-state index < -0.39 is 5.60 Å². The first-order valence-corrected chi connectivity index (χ1v) is 14.9. The lowest BCUT2D eigenvalue weighted by Crippen LogP contribution is -2.54. The van der Waals surface area contributed by atoms with Crippen molar-refractivity contribution >= 4 is 17.5 Å². The van der Waals surface area contributed by atoms with E-state index in [2.05, 4.69) is 44.7 Å². The molecule has 3 heterocycles. The molecular formula is C32H43N7O3. The number of nitrogens with two attached hydrogens (primary N) is 1. The van der Waals surface area contributed by atoms with Gasteiger partial charge in [0.15, 0.2) is 5.60 Å². The molecule has 0 spiro atoms. The summed E-state index contributed by atoms with van der Waals surface area (Å²) in [5.41, 5.74) is 9.13. The number of benzene rings is 2. The number of nitrogens with one attached hydrogen (secondary N) is 2. The van der Waals surface area contributed by atoms with Crippen LogP contribution in [0.3, 0.4) is 0 Å². The molecule has 42 heavy (non-hydrogen) atoms. The van der Waals surface area contributed by atoms with Crippen LogP contribution in [0.5, 0.6) is 5.75 Å². The molecule has 10 nitrogen and oxygen atoms in total. The van der Waals surface area contributed by atoms with Crippen molar-refractivity contribution in [3.63, 3.8) is 0 Å². The Morgan fingerprint density at radius 1 is 1.10 bits per heavy atom. The average Bonchev–Trinajstić information content (AvgIpc) is 3.56. The van der Waals surface area contributed by atoms with Gasteiger partial charge in [-0.15, -0.1) is 0 Å². The van der Waals surface area contributed by atoms with Gasteiger partial charge in [-0.25, -0.2) is 0 Å². The summed E-state index contributed by atoms with van der Waals surface area (Å²) >= 11 is 0. The van der Waals surface area contributed by atoms with Gasteiger partial charge in [0.05, 0.1) is 12.1 Å². The van der Waals surface area contributed by atoms with Crippen LogP contribution in [0.25, 0.3) is 11.1 Å². The van der Waals surface area contributed by atoms with E-state index in [-0.39, 0.29) is 17.7 Å². The Labute approximate surface area is 248 Å². The van der Waals surface area contributed by atoms with Crippen molar-refractivity contribution in [3.05, 3.63) is 66.5 Å². The number of ether oxygens (including phenoxy) is 1. The van der Waals surface area contributed by atoms with E-state index in [1.807, 2.05) is 54.1 Å². The van der Waals surface area contributed by atoms with Crippen molar-refractivity contribution in [1.29, 1.82) is 0 Å². The average molecular weight is 574 g/mol. The first kappa shape index (κ1) is 29.6. The van der Waals surface area contributed by atoms with Gasteiger partial charge < -0.3 is 30.5 Å². The second-order valence-electron chi connectivity index (χ2n) is 11.7. The van der Waals surface area contributed by atoms with E-state index in [9.17, 15) is 9.59 Å². The lowest BCUT2D eigenvalue weighted by Gasteiger charge is -2.37. The molecule has 3 aromatic rings. The molecule has 2 aliphatic rings. The van der Waals surface area contributed by atoms with Crippen LogP contribution >= 0.6 is 0 Å². The van der Waals surface area contributed by atoms with Gasteiger partial charge in [0, 0.05) is 82.4 Å². The number of rotatable bonds is 10. The highest BCUT2D eigenvalue weighted by Crippen LogP contribution is 2.30. The Morgan fingerprint density at radius 3 is 2.60 bits per heavy atom. The molecule has 2 amide bonds. The first-order valence-electron chi connectivity index (χ1n) is 14.9. The lowest BCUT2D eigenvalue weighted by atomic mass is 9.95. The molecule has 4 N–H and O–H groups in total. The maximum atomic E-state index is 13.8. The molecule has 2 aliphatic heterocycles. The summed E-state index contributed by atoms with van der Waals surface area (Å²) in [6.45, 7) is 9.58. The second kappa shape index (κ2) is 13.4. The predicted octanol–water partition coefficient (Wildman–Crippen LogP) is 2.87. The van der Waals surface area contributed by atoms with Crippen LogP contribution in [0.1, 0.15) is 32.3 Å². The predicted molar refractivity (Wildman–Crippen MR) is 164 cm³/mol. The van der Waals surface area contributed by atoms with Gasteiger partial charge in [0.1, 0.15) is 5.75 Å². The number of hydrogen-bond donors (Lipinski definition) is 3. The monoisotopic (exact) mass is 573 g/mol. The molecule has 2 saturated heterocycles. The molecule has 1 atom stereocenters. The van der Waals surface area contributed by atoms with E-state index in [1.165, 1.54) is 0 Å². The molecule has 0 bridgehead atoms. The van der Waals surface area contributed by atoms with Crippen molar-refractivity contribution in [2.24, 2.45) is 11.7 Å². The Bertz CT molecular complexity index is 1320. The zero-order valence-corrected chi connectivity index (χ0v) is 24.7. The Hall–Kier alpha value is -3.89. The largest absolute Gasteiger partial charge is 0.478 e. The van der Waals surface area contributed by atoms with Gasteiger partial charge in [0.25, 0.3) is 5.91 Å². The van der Waals surface area contributed by atoms with Crippen molar-refractivity contribution in [3.8, 4) is 16.9 Å². The Morgan fingerprint density at radius 2 is 1.88 bits per heavy atom. The molecule has 2 fully saturated rings. The van der Waals surface area contributed by atoms with E-state index in [0.717, 1.165) is 54.9 Å². The van der Waals surface area contributed by atoms with E-state index >= 15 is 0 Å². The summed E-state index contributed by atoms with van der Waals surface area (Å²) in [5, 5.41) is 10.1. The number of hydrogen-bond acceptors (Lipinski definition) is 7. The van der Waals surface area contributed by atoms with Crippen molar-refractivity contribution in [2.75, 3.05) is 57.3 Å². The maximum absolute atomic E-state index is 13.8. The fraction of sp³-hybridized carbons (Fsp3) is 0.469. The molecular weight excluding hydrogens is 530 g/mol. The summed E-state index contributed by atoms with van der Waals surface area (Å²) in [7, 11) is 0. The van der Waals surface area contributed by atoms with E-state index in [4.69, 9.17) is 10.5 Å². The van der Waals surface area contributed by atoms with Crippen molar-refractivity contribution < 1.29 is 14.3 Å². The molecule has 0 radical (unpaired) electrons. The number of H-pyrrole nitrogens is 1. The molecule has 1 aromatic heterocycles. The molecule has 0 unspecified atom stereocenters. The molecule has 0 aliphatic carbocycles. The summed E-state index contributed by atoms with van der Waals surface area (Å²) < 4.78 is 6.26. The number of aromatic amines is 1. The van der Waals surface area contributed by atoms with Crippen LogP contribution in [0.15, 0.2) is 60.9 Å². The zero-order valence-electron chi connectivity index (χ0n) is 24.7. The van der Waals surface area contributed by atoms with Crippen LogP contribution in [0, 0.1) is 5.92 Å². The van der Waals surface area contributed by atoms with Gasteiger partial charge >= 0.3 is 0 Å². The molecule has 224 valence electrons. The third kappa shape index (κ3) is 7.11. The van der Waals surface area contributed by atoms with E-state index in [0.29, 0.717) is 45.0 Å². The number of piperazine rings is 1. The third-order valence-corrected chi connectivity index (χ3v) is 8.12. The summed E-state index contributed by atoms with van der Waals surface area (Å²) in [6, 6.07) is 16.1. The summed E-state index contributed by atoms with van der Waals surface area (Å²) in [6.07, 6.45) is 5.43. The van der Waals surface area contributed by atoms with Crippen LogP contribution < -0.4 is 20.7 Å². The quantitative estimate of drug-likeness (QED) is 0.341. The van der Waals surface area contributed by atoms with Gasteiger partial charge in [-0.3, -0.25) is 14.7 Å². The fourth-order valence-electron chi connectivity index (χ4n) is 5.86. The number of carbonyl (C=O) groups excluding carboxylic acids is 2. The van der Waals surface area contributed by atoms with Crippen LogP contribution in [-0.4, -0.2) is 89.8 Å². The van der Waals surface area contributed by atoms with E-state index in [1.54, 1.807) is 6.20 Å². The number of amides is 2. The highest BCUT2D eigenvalue weighted by Gasteiger charge is 2.35.